The molecule has 0 spiro atoms. The Morgan fingerprint density at radius 1 is 1.00 bits per heavy atom. The number of aliphatic hydroxyl groups excluding tert-OH is 1. The number of ether oxygens (including phenoxy) is 3. The summed E-state index contributed by atoms with van der Waals surface area (Å²) in [5, 5.41) is 22.4. The van der Waals surface area contributed by atoms with Crippen LogP contribution in [0.25, 0.3) is 0 Å². The molecule has 0 saturated carbocycles. The van der Waals surface area contributed by atoms with Crippen molar-refractivity contribution in [3.63, 3.8) is 0 Å². The minimum Gasteiger partial charge on any atom is -0.497 e. The smallest absolute Gasteiger partial charge is 0.346 e. The lowest BCUT2D eigenvalue weighted by molar-refractivity contribution is -0.384. The van der Waals surface area contributed by atoms with E-state index in [0.29, 0.717) is 11.3 Å². The van der Waals surface area contributed by atoms with Crippen molar-refractivity contribution < 1.29 is 29.0 Å². The van der Waals surface area contributed by atoms with Gasteiger partial charge in [-0.05, 0) is 41.0 Å². The molecular formula is C24H23NO7. The number of nitro groups is 1. The maximum absolute atomic E-state index is 13.1. The molecule has 32 heavy (non-hydrogen) atoms. The molecule has 0 heterocycles. The number of rotatable bonds is 9. The first-order valence-corrected chi connectivity index (χ1v) is 9.75. The standard InChI is InChI=1S/C24H23NO7/c1-30-21-14-8-17(9-15-21)16-32-24(23(27)31-2,19-6-4-3-5-7-19)22(26)18-10-12-20(13-11-18)25(28)29/h3-15,22,26H,16H2,1-2H3/t22-,24-/m0/s1. The Kier molecular flexibility index (Phi) is 7.19. The zero-order valence-corrected chi connectivity index (χ0v) is 17.6. The molecular weight excluding hydrogens is 414 g/mol. The number of hydrogen-bond donors (Lipinski definition) is 1. The quantitative estimate of drug-likeness (QED) is 0.307. The van der Waals surface area contributed by atoms with E-state index in [2.05, 4.69) is 0 Å². The maximum Gasteiger partial charge on any atom is 0.346 e. The Hall–Kier alpha value is -3.75. The van der Waals surface area contributed by atoms with Gasteiger partial charge in [0.15, 0.2) is 0 Å². The van der Waals surface area contributed by atoms with Crippen LogP contribution in [0.3, 0.4) is 0 Å². The molecule has 0 aliphatic rings. The fourth-order valence-corrected chi connectivity index (χ4v) is 3.38. The molecule has 0 saturated heterocycles. The monoisotopic (exact) mass is 437 g/mol. The first kappa shape index (κ1) is 22.9. The van der Waals surface area contributed by atoms with Crippen molar-refractivity contribution in [3.8, 4) is 5.75 Å². The van der Waals surface area contributed by atoms with Crippen molar-refractivity contribution >= 4 is 11.7 Å². The number of methoxy groups -OCH3 is 2. The third-order valence-electron chi connectivity index (χ3n) is 5.12. The summed E-state index contributed by atoms with van der Waals surface area (Å²) in [6, 6.07) is 20.9. The predicted molar refractivity (Wildman–Crippen MR) is 116 cm³/mol. The van der Waals surface area contributed by atoms with Gasteiger partial charge in [-0.3, -0.25) is 10.1 Å². The van der Waals surface area contributed by atoms with Crippen LogP contribution in [0.1, 0.15) is 22.8 Å². The van der Waals surface area contributed by atoms with Crippen LogP contribution < -0.4 is 4.74 Å². The number of benzene rings is 3. The van der Waals surface area contributed by atoms with Crippen LogP contribution in [-0.4, -0.2) is 30.2 Å². The molecule has 8 heteroatoms. The van der Waals surface area contributed by atoms with E-state index in [1.165, 1.54) is 31.4 Å². The van der Waals surface area contributed by atoms with Crippen LogP contribution in [0.5, 0.6) is 5.75 Å². The molecule has 3 rings (SSSR count). The third kappa shape index (κ3) is 4.61. The highest BCUT2D eigenvalue weighted by molar-refractivity contribution is 5.82. The molecule has 0 radical (unpaired) electrons. The van der Waals surface area contributed by atoms with Gasteiger partial charge in [-0.25, -0.2) is 4.79 Å². The summed E-state index contributed by atoms with van der Waals surface area (Å²) in [6.07, 6.45) is -1.50. The van der Waals surface area contributed by atoms with E-state index in [-0.39, 0.29) is 17.9 Å². The van der Waals surface area contributed by atoms with E-state index in [0.717, 1.165) is 5.56 Å². The second kappa shape index (κ2) is 10.0. The summed E-state index contributed by atoms with van der Waals surface area (Å²) >= 11 is 0. The summed E-state index contributed by atoms with van der Waals surface area (Å²) in [7, 11) is 2.77. The minimum absolute atomic E-state index is 0.0158. The van der Waals surface area contributed by atoms with Gasteiger partial charge in [0, 0.05) is 12.1 Å². The first-order chi connectivity index (χ1) is 15.4. The molecule has 0 fully saturated rings. The number of esters is 1. The number of non-ortho nitro benzene ring substituents is 1. The van der Waals surface area contributed by atoms with Gasteiger partial charge in [0.25, 0.3) is 5.69 Å². The fourth-order valence-electron chi connectivity index (χ4n) is 3.38. The van der Waals surface area contributed by atoms with Crippen molar-refractivity contribution in [1.82, 2.24) is 0 Å². The molecule has 166 valence electrons. The van der Waals surface area contributed by atoms with Crippen molar-refractivity contribution in [2.75, 3.05) is 14.2 Å². The molecule has 0 aliphatic carbocycles. The predicted octanol–water partition coefficient (Wildman–Crippen LogP) is 3.92. The maximum atomic E-state index is 13.1. The summed E-state index contributed by atoms with van der Waals surface area (Å²) in [5.41, 5.74) is -0.660. The van der Waals surface area contributed by atoms with E-state index in [9.17, 15) is 20.0 Å². The number of nitro benzene ring substituents is 1. The average molecular weight is 437 g/mol. The summed E-state index contributed by atoms with van der Waals surface area (Å²) < 4.78 is 16.3. The van der Waals surface area contributed by atoms with Gasteiger partial charge in [0.05, 0.1) is 25.7 Å². The number of carbonyl (C=O) groups excluding carboxylic acids is 1. The topological polar surface area (TPSA) is 108 Å². The van der Waals surface area contributed by atoms with E-state index >= 15 is 0 Å². The van der Waals surface area contributed by atoms with Gasteiger partial charge < -0.3 is 19.3 Å². The van der Waals surface area contributed by atoms with Crippen LogP contribution in [0.2, 0.25) is 0 Å². The molecule has 1 N–H and O–H groups in total. The first-order valence-electron chi connectivity index (χ1n) is 9.75. The van der Waals surface area contributed by atoms with E-state index < -0.39 is 22.6 Å². The molecule has 0 bridgehead atoms. The number of nitrogens with zero attached hydrogens (tertiary/aromatic N) is 1. The lowest BCUT2D eigenvalue weighted by Crippen LogP contribution is -2.45. The second-order valence-corrected chi connectivity index (χ2v) is 6.98. The van der Waals surface area contributed by atoms with Crippen molar-refractivity contribution in [2.45, 2.75) is 18.3 Å². The van der Waals surface area contributed by atoms with Crippen LogP contribution in [0, 0.1) is 10.1 Å². The Balaban J connectivity index is 2.05. The SMILES string of the molecule is COC(=O)[C@](OCc1ccc(OC)cc1)(c1ccccc1)[C@@H](O)c1ccc([N+](=O)[O-])cc1. The summed E-state index contributed by atoms with van der Waals surface area (Å²) in [6.45, 7) is -0.0158. The molecule has 0 aromatic heterocycles. The Bertz CT molecular complexity index is 1050. The lowest BCUT2D eigenvalue weighted by atomic mass is 9.84. The van der Waals surface area contributed by atoms with Gasteiger partial charge >= 0.3 is 5.97 Å². The van der Waals surface area contributed by atoms with Crippen LogP contribution >= 0.6 is 0 Å². The summed E-state index contributed by atoms with van der Waals surface area (Å²) in [4.78, 5) is 23.6. The molecule has 3 aromatic rings. The van der Waals surface area contributed by atoms with Crippen molar-refractivity contribution in [1.29, 1.82) is 0 Å². The Labute approximate surface area is 185 Å². The third-order valence-corrected chi connectivity index (χ3v) is 5.12. The van der Waals surface area contributed by atoms with Crippen molar-refractivity contribution in [3.05, 3.63) is 106 Å². The normalized spacial score (nSPS) is 13.6. The Morgan fingerprint density at radius 2 is 1.62 bits per heavy atom. The zero-order valence-electron chi connectivity index (χ0n) is 17.6. The average Bonchev–Trinajstić information content (AvgIpc) is 2.85. The van der Waals surface area contributed by atoms with Crippen LogP contribution in [0.4, 0.5) is 5.69 Å². The summed E-state index contributed by atoms with van der Waals surface area (Å²) in [5.74, 6) is -0.134. The lowest BCUT2D eigenvalue weighted by Gasteiger charge is -2.36. The van der Waals surface area contributed by atoms with E-state index in [1.807, 2.05) is 0 Å². The zero-order chi connectivity index (χ0) is 23.1. The number of carbonyl (C=O) groups is 1. The van der Waals surface area contributed by atoms with Crippen molar-refractivity contribution in [2.24, 2.45) is 0 Å². The van der Waals surface area contributed by atoms with Gasteiger partial charge in [0.1, 0.15) is 11.9 Å². The fraction of sp³-hybridized carbons (Fsp3) is 0.208. The molecule has 0 unspecified atom stereocenters. The molecule has 3 aromatic carbocycles. The van der Waals surface area contributed by atoms with Gasteiger partial charge in [-0.2, -0.15) is 0 Å². The van der Waals surface area contributed by atoms with Gasteiger partial charge in [-0.15, -0.1) is 0 Å². The highest BCUT2D eigenvalue weighted by Crippen LogP contribution is 2.41. The minimum atomic E-state index is -1.91. The van der Waals surface area contributed by atoms with Gasteiger partial charge in [0.2, 0.25) is 5.60 Å². The highest BCUT2D eigenvalue weighted by atomic mass is 16.6. The van der Waals surface area contributed by atoms with Crippen LogP contribution in [-0.2, 0) is 26.5 Å². The molecule has 0 amide bonds. The molecule has 8 nitrogen and oxygen atoms in total. The highest BCUT2D eigenvalue weighted by Gasteiger charge is 2.50. The van der Waals surface area contributed by atoms with E-state index in [1.54, 1.807) is 61.7 Å². The van der Waals surface area contributed by atoms with Gasteiger partial charge in [-0.1, -0.05) is 42.5 Å². The number of aliphatic hydroxyl groups is 1. The second-order valence-electron chi connectivity index (χ2n) is 6.98. The molecule has 0 aliphatic heterocycles. The number of hydrogen-bond acceptors (Lipinski definition) is 7. The van der Waals surface area contributed by atoms with E-state index in [4.69, 9.17) is 14.2 Å². The largest absolute Gasteiger partial charge is 0.497 e. The molecule has 2 atom stereocenters. The Morgan fingerprint density at radius 3 is 2.16 bits per heavy atom. The van der Waals surface area contributed by atoms with Crippen LogP contribution in [0.15, 0.2) is 78.9 Å².